The minimum atomic E-state index is -0.561. The fourth-order valence-corrected chi connectivity index (χ4v) is 2.28. The van der Waals surface area contributed by atoms with Crippen LogP contribution in [0.25, 0.3) is 0 Å². The zero-order valence-corrected chi connectivity index (χ0v) is 14.4. The zero-order valence-electron chi connectivity index (χ0n) is 14.4. The average molecular weight is 331 g/mol. The summed E-state index contributed by atoms with van der Waals surface area (Å²) in [6.45, 7) is 5.57. The highest BCUT2D eigenvalue weighted by molar-refractivity contribution is 6.08. The van der Waals surface area contributed by atoms with Crippen LogP contribution in [-0.2, 0) is 11.8 Å². The van der Waals surface area contributed by atoms with Gasteiger partial charge in [-0.3, -0.25) is 9.48 Å². The number of ether oxygens (including phenoxy) is 2. The summed E-state index contributed by atoms with van der Waals surface area (Å²) in [7, 11) is 2.90. The molecule has 1 N–H and O–H groups in total. The van der Waals surface area contributed by atoms with Gasteiger partial charge in [0, 0.05) is 12.6 Å². The van der Waals surface area contributed by atoms with Crippen LogP contribution in [0.5, 0.6) is 5.75 Å². The maximum absolute atomic E-state index is 12.4. The fourth-order valence-electron chi connectivity index (χ4n) is 2.28. The predicted octanol–water partition coefficient (Wildman–Crippen LogP) is 2.55. The first kappa shape index (κ1) is 17.5. The van der Waals surface area contributed by atoms with Gasteiger partial charge in [0.05, 0.1) is 24.6 Å². The Labute approximate surface area is 140 Å². The maximum atomic E-state index is 12.4. The molecular formula is C17H21N3O4. The lowest BCUT2D eigenvalue weighted by molar-refractivity contribution is 0.0589. The molecule has 7 nitrogen and oxygen atoms in total. The van der Waals surface area contributed by atoms with Crippen molar-refractivity contribution in [2.75, 3.05) is 12.4 Å². The number of esters is 1. The van der Waals surface area contributed by atoms with Crippen molar-refractivity contribution in [1.29, 1.82) is 0 Å². The van der Waals surface area contributed by atoms with Crippen LogP contribution in [0.3, 0.4) is 0 Å². The third kappa shape index (κ3) is 3.73. The summed E-state index contributed by atoms with van der Waals surface area (Å²) in [5.74, 6) is -0.212. The van der Waals surface area contributed by atoms with Crippen molar-refractivity contribution in [1.82, 2.24) is 9.78 Å². The van der Waals surface area contributed by atoms with Gasteiger partial charge in [0.2, 0.25) is 0 Å². The quantitative estimate of drug-likeness (QED) is 0.852. The number of aryl methyl sites for hydroxylation is 2. The number of methoxy groups -OCH3 is 1. The fraction of sp³-hybridized carbons (Fsp3) is 0.353. The number of nitrogens with zero attached hydrogens (tertiary/aromatic N) is 2. The van der Waals surface area contributed by atoms with Gasteiger partial charge in [-0.05, 0) is 45.0 Å². The van der Waals surface area contributed by atoms with Gasteiger partial charge in [-0.15, -0.1) is 0 Å². The number of anilines is 1. The van der Waals surface area contributed by atoms with Gasteiger partial charge < -0.3 is 14.8 Å². The summed E-state index contributed by atoms with van der Waals surface area (Å²) in [5, 5.41) is 6.88. The molecule has 128 valence electrons. The van der Waals surface area contributed by atoms with Crippen molar-refractivity contribution in [2.24, 2.45) is 7.05 Å². The Kier molecular flexibility index (Phi) is 5.23. The molecule has 1 aromatic carbocycles. The van der Waals surface area contributed by atoms with E-state index in [1.54, 1.807) is 38.2 Å². The minimum Gasteiger partial charge on any atom is -0.491 e. The summed E-state index contributed by atoms with van der Waals surface area (Å²) in [5.41, 5.74) is 1.52. The number of amides is 1. The van der Waals surface area contributed by atoms with Crippen molar-refractivity contribution in [3.05, 3.63) is 41.2 Å². The molecule has 0 fully saturated rings. The summed E-state index contributed by atoms with van der Waals surface area (Å²) >= 11 is 0. The Hall–Kier alpha value is -2.83. The second kappa shape index (κ2) is 7.16. The van der Waals surface area contributed by atoms with Crippen molar-refractivity contribution >= 4 is 17.6 Å². The van der Waals surface area contributed by atoms with Crippen LogP contribution in [0.1, 0.15) is 40.4 Å². The van der Waals surface area contributed by atoms with Crippen LogP contribution in [-0.4, -0.2) is 34.9 Å². The molecule has 0 aliphatic carbocycles. The number of carbonyl (C=O) groups is 2. The number of hydrogen-bond donors (Lipinski definition) is 1. The molecule has 2 aromatic rings. The van der Waals surface area contributed by atoms with E-state index in [0.29, 0.717) is 22.7 Å². The average Bonchev–Trinajstić information content (AvgIpc) is 2.80. The Balaban J connectivity index is 2.22. The molecular weight excluding hydrogens is 310 g/mol. The van der Waals surface area contributed by atoms with E-state index in [2.05, 4.69) is 10.4 Å². The largest absolute Gasteiger partial charge is 0.491 e. The van der Waals surface area contributed by atoms with Crippen LogP contribution >= 0.6 is 0 Å². The first-order valence-electron chi connectivity index (χ1n) is 7.53. The number of carbonyl (C=O) groups excluding carboxylic acids is 2. The molecule has 0 saturated heterocycles. The molecule has 1 amide bonds. The van der Waals surface area contributed by atoms with Crippen LogP contribution in [0.4, 0.5) is 5.69 Å². The maximum Gasteiger partial charge on any atom is 0.358 e. The summed E-state index contributed by atoms with van der Waals surface area (Å²) < 4.78 is 11.7. The Bertz CT molecular complexity index is 748. The molecule has 0 saturated carbocycles. The Morgan fingerprint density at radius 3 is 2.38 bits per heavy atom. The third-order valence-corrected chi connectivity index (χ3v) is 3.33. The van der Waals surface area contributed by atoms with Gasteiger partial charge >= 0.3 is 5.97 Å². The predicted molar refractivity (Wildman–Crippen MR) is 89.4 cm³/mol. The molecule has 0 atom stereocenters. The van der Waals surface area contributed by atoms with E-state index in [-0.39, 0.29) is 17.7 Å². The molecule has 1 aromatic heterocycles. The van der Waals surface area contributed by atoms with E-state index < -0.39 is 5.97 Å². The molecule has 0 aliphatic heterocycles. The van der Waals surface area contributed by atoms with Crippen LogP contribution < -0.4 is 10.1 Å². The van der Waals surface area contributed by atoms with E-state index in [1.165, 1.54) is 11.8 Å². The molecule has 24 heavy (non-hydrogen) atoms. The summed E-state index contributed by atoms with van der Waals surface area (Å²) in [6.07, 6.45) is 0.0605. The minimum absolute atomic E-state index is 0.0605. The molecule has 0 radical (unpaired) electrons. The normalized spacial score (nSPS) is 10.6. The first-order valence-corrected chi connectivity index (χ1v) is 7.53. The number of benzene rings is 1. The van der Waals surface area contributed by atoms with Crippen molar-refractivity contribution in [3.8, 4) is 5.75 Å². The number of nitrogens with one attached hydrogen (secondary N) is 1. The van der Waals surface area contributed by atoms with Gasteiger partial charge in [-0.2, -0.15) is 5.10 Å². The summed E-state index contributed by atoms with van der Waals surface area (Å²) in [6, 6.07) is 6.78. The zero-order chi connectivity index (χ0) is 17.9. The number of rotatable bonds is 5. The van der Waals surface area contributed by atoms with E-state index in [4.69, 9.17) is 9.47 Å². The second-order valence-corrected chi connectivity index (χ2v) is 5.57. The molecule has 2 rings (SSSR count). The van der Waals surface area contributed by atoms with Gasteiger partial charge in [0.1, 0.15) is 5.75 Å². The SMILES string of the molecule is COC(=O)c1c(NC(=O)c2ccc(OC(C)C)cc2)c(C)nn1C. The van der Waals surface area contributed by atoms with Crippen LogP contribution in [0.2, 0.25) is 0 Å². The van der Waals surface area contributed by atoms with E-state index >= 15 is 0 Å². The standard InChI is InChI=1S/C17H21N3O4/c1-10(2)24-13-8-6-12(7-9-13)16(21)18-14-11(3)19-20(4)15(14)17(22)23-5/h6-10H,1-5H3,(H,18,21). The monoisotopic (exact) mass is 331 g/mol. The van der Waals surface area contributed by atoms with Gasteiger partial charge in [0.25, 0.3) is 5.91 Å². The first-order chi connectivity index (χ1) is 11.3. The number of aromatic nitrogens is 2. The Morgan fingerprint density at radius 2 is 1.83 bits per heavy atom. The number of hydrogen-bond acceptors (Lipinski definition) is 5. The highest BCUT2D eigenvalue weighted by atomic mass is 16.5. The summed E-state index contributed by atoms with van der Waals surface area (Å²) in [4.78, 5) is 24.3. The molecule has 0 aliphatic rings. The van der Waals surface area contributed by atoms with Crippen molar-refractivity contribution < 1.29 is 19.1 Å². The Morgan fingerprint density at radius 1 is 1.21 bits per heavy atom. The molecule has 1 heterocycles. The topological polar surface area (TPSA) is 82.4 Å². The molecule has 0 spiro atoms. The van der Waals surface area contributed by atoms with Crippen molar-refractivity contribution in [2.45, 2.75) is 26.9 Å². The van der Waals surface area contributed by atoms with E-state index in [0.717, 1.165) is 0 Å². The van der Waals surface area contributed by atoms with Gasteiger partial charge in [0.15, 0.2) is 5.69 Å². The van der Waals surface area contributed by atoms with E-state index in [1.807, 2.05) is 13.8 Å². The lowest BCUT2D eigenvalue weighted by Gasteiger charge is -2.10. The lowest BCUT2D eigenvalue weighted by Crippen LogP contribution is -2.17. The highest BCUT2D eigenvalue weighted by Crippen LogP contribution is 2.22. The smallest absolute Gasteiger partial charge is 0.358 e. The van der Waals surface area contributed by atoms with Gasteiger partial charge in [-0.25, -0.2) is 4.79 Å². The van der Waals surface area contributed by atoms with E-state index in [9.17, 15) is 9.59 Å². The van der Waals surface area contributed by atoms with Crippen LogP contribution in [0.15, 0.2) is 24.3 Å². The van der Waals surface area contributed by atoms with Gasteiger partial charge in [-0.1, -0.05) is 0 Å². The molecule has 0 unspecified atom stereocenters. The van der Waals surface area contributed by atoms with Crippen molar-refractivity contribution in [3.63, 3.8) is 0 Å². The highest BCUT2D eigenvalue weighted by Gasteiger charge is 2.22. The van der Waals surface area contributed by atoms with Crippen LogP contribution in [0, 0.1) is 6.92 Å². The third-order valence-electron chi connectivity index (χ3n) is 3.33. The lowest BCUT2D eigenvalue weighted by atomic mass is 10.2. The molecule has 7 heteroatoms. The second-order valence-electron chi connectivity index (χ2n) is 5.57. The molecule has 0 bridgehead atoms.